The first-order valence-corrected chi connectivity index (χ1v) is 11.7. The topological polar surface area (TPSA) is 70.4 Å². The number of carbonyl (C=O) groups excluding carboxylic acids is 1. The van der Waals surface area contributed by atoms with Crippen molar-refractivity contribution in [1.82, 2.24) is 15.5 Å². The number of amides is 1. The second-order valence-electron chi connectivity index (χ2n) is 8.77. The smallest absolute Gasteiger partial charge is 0.253 e. The van der Waals surface area contributed by atoms with E-state index in [1.54, 1.807) is 6.07 Å². The summed E-state index contributed by atoms with van der Waals surface area (Å²) in [6, 6.07) is 5.94. The Hall–Kier alpha value is -0.500. The SMILES string of the molecule is NC1C2CC2CC12CCN(C1NCC(Sc3cccc(Cl)c3Cl)NC1=O)CC2. The highest BCUT2D eigenvalue weighted by Gasteiger charge is 2.60. The molecule has 2 aliphatic carbocycles. The van der Waals surface area contributed by atoms with Crippen molar-refractivity contribution < 1.29 is 4.79 Å². The Morgan fingerprint density at radius 3 is 2.71 bits per heavy atom. The second-order valence-corrected chi connectivity index (χ2v) is 10.8. The third-order valence-corrected chi connectivity index (χ3v) is 9.30. The number of nitrogens with two attached hydrogens (primary N) is 1. The van der Waals surface area contributed by atoms with Crippen LogP contribution in [0.15, 0.2) is 23.1 Å². The van der Waals surface area contributed by atoms with Crippen molar-refractivity contribution >= 4 is 40.9 Å². The molecule has 4 N–H and O–H groups in total. The van der Waals surface area contributed by atoms with Crippen LogP contribution in [0.25, 0.3) is 0 Å². The van der Waals surface area contributed by atoms with Crippen LogP contribution in [0, 0.1) is 17.3 Å². The number of thioether (sulfide) groups is 1. The highest BCUT2D eigenvalue weighted by molar-refractivity contribution is 8.00. The van der Waals surface area contributed by atoms with Crippen LogP contribution in [-0.4, -0.2) is 48.0 Å². The first-order chi connectivity index (χ1) is 13.5. The molecule has 0 aromatic heterocycles. The normalized spacial score (nSPS) is 37.0. The van der Waals surface area contributed by atoms with Crippen LogP contribution in [0.2, 0.25) is 10.0 Å². The summed E-state index contributed by atoms with van der Waals surface area (Å²) >= 11 is 13.9. The molecule has 5 atom stereocenters. The lowest BCUT2D eigenvalue weighted by molar-refractivity contribution is -0.131. The minimum atomic E-state index is -0.254. The van der Waals surface area contributed by atoms with Gasteiger partial charge in [0.15, 0.2) is 0 Å². The molecule has 2 heterocycles. The summed E-state index contributed by atoms with van der Waals surface area (Å²) in [7, 11) is 0. The molecule has 2 aliphatic heterocycles. The number of hydrogen-bond donors (Lipinski definition) is 3. The fourth-order valence-corrected chi connectivity index (χ4v) is 7.04. The lowest BCUT2D eigenvalue weighted by Crippen LogP contribution is -2.65. The maximum atomic E-state index is 12.8. The van der Waals surface area contributed by atoms with Gasteiger partial charge in [-0.15, -0.1) is 0 Å². The van der Waals surface area contributed by atoms with E-state index in [0.29, 0.717) is 28.0 Å². The summed E-state index contributed by atoms with van der Waals surface area (Å²) < 4.78 is 0. The Morgan fingerprint density at radius 1 is 1.25 bits per heavy atom. The number of halogens is 2. The number of rotatable bonds is 3. The molecule has 1 spiro atoms. The molecule has 1 aromatic rings. The first kappa shape index (κ1) is 19.5. The maximum Gasteiger partial charge on any atom is 0.253 e. The average molecular weight is 441 g/mol. The predicted octanol–water partition coefficient (Wildman–Crippen LogP) is 2.91. The van der Waals surface area contributed by atoms with Crippen molar-refractivity contribution in [1.29, 1.82) is 0 Å². The van der Waals surface area contributed by atoms with Crippen molar-refractivity contribution in [2.75, 3.05) is 19.6 Å². The van der Waals surface area contributed by atoms with Crippen LogP contribution in [0.1, 0.15) is 25.7 Å². The Kier molecular flexibility index (Phi) is 5.09. The zero-order valence-electron chi connectivity index (χ0n) is 15.7. The van der Waals surface area contributed by atoms with Crippen molar-refractivity contribution in [3.8, 4) is 0 Å². The highest BCUT2D eigenvalue weighted by atomic mass is 35.5. The summed E-state index contributed by atoms with van der Waals surface area (Å²) in [4.78, 5) is 15.9. The van der Waals surface area contributed by atoms with Gasteiger partial charge in [0.1, 0.15) is 6.17 Å². The van der Waals surface area contributed by atoms with Gasteiger partial charge in [0.05, 0.1) is 15.4 Å². The molecule has 4 aliphatic rings. The van der Waals surface area contributed by atoms with Gasteiger partial charge in [-0.2, -0.15) is 0 Å². The van der Waals surface area contributed by atoms with Gasteiger partial charge in [-0.25, -0.2) is 0 Å². The molecule has 8 heteroatoms. The lowest BCUT2D eigenvalue weighted by atomic mass is 9.72. The maximum absolute atomic E-state index is 12.8. The molecule has 0 radical (unpaired) electrons. The largest absolute Gasteiger partial charge is 0.340 e. The lowest BCUT2D eigenvalue weighted by Gasteiger charge is -2.46. The van der Waals surface area contributed by atoms with Gasteiger partial charge in [0.25, 0.3) is 5.91 Å². The monoisotopic (exact) mass is 440 g/mol. The van der Waals surface area contributed by atoms with E-state index in [9.17, 15) is 4.79 Å². The molecule has 5 unspecified atom stereocenters. The highest BCUT2D eigenvalue weighted by Crippen LogP contribution is 2.62. The molecule has 5 rings (SSSR count). The van der Waals surface area contributed by atoms with Gasteiger partial charge in [-0.1, -0.05) is 41.0 Å². The minimum absolute atomic E-state index is 0.0384. The van der Waals surface area contributed by atoms with Crippen LogP contribution >= 0.6 is 35.0 Å². The van der Waals surface area contributed by atoms with E-state index in [0.717, 1.165) is 42.7 Å². The van der Waals surface area contributed by atoms with E-state index in [4.69, 9.17) is 28.9 Å². The fourth-order valence-electron chi connectivity index (χ4n) is 5.52. The van der Waals surface area contributed by atoms with Crippen molar-refractivity contribution in [3.63, 3.8) is 0 Å². The zero-order valence-corrected chi connectivity index (χ0v) is 18.0. The summed E-state index contributed by atoms with van der Waals surface area (Å²) in [5.41, 5.74) is 6.89. The van der Waals surface area contributed by atoms with E-state index in [1.165, 1.54) is 24.6 Å². The summed E-state index contributed by atoms with van der Waals surface area (Å²) in [6.45, 7) is 2.57. The molecule has 28 heavy (non-hydrogen) atoms. The molecule has 1 amide bonds. The molecule has 4 fully saturated rings. The van der Waals surface area contributed by atoms with Crippen LogP contribution in [-0.2, 0) is 4.79 Å². The number of fused-ring (bicyclic) bond motifs is 1. The summed E-state index contributed by atoms with van der Waals surface area (Å²) in [5.74, 6) is 1.70. The van der Waals surface area contributed by atoms with Crippen LogP contribution in [0.3, 0.4) is 0 Å². The van der Waals surface area contributed by atoms with E-state index in [-0.39, 0.29) is 17.4 Å². The van der Waals surface area contributed by atoms with E-state index in [1.807, 2.05) is 12.1 Å². The van der Waals surface area contributed by atoms with Gasteiger partial charge < -0.3 is 11.1 Å². The van der Waals surface area contributed by atoms with Crippen LogP contribution in [0.4, 0.5) is 0 Å². The Balaban J connectivity index is 1.17. The number of nitrogens with zero attached hydrogens (tertiary/aromatic N) is 1. The molecule has 0 bridgehead atoms. The standard InChI is InChI=1S/C20H26Cl2N4OS/c21-13-2-1-3-14(16(13)22)28-15-10-24-18(19(27)25-15)26-6-4-20(5-7-26)9-11-8-12(11)17(20)23/h1-3,11-12,15,17-18,24H,4-10,23H2,(H,25,27). The van der Waals surface area contributed by atoms with Gasteiger partial charge in [-0.3, -0.25) is 15.0 Å². The van der Waals surface area contributed by atoms with Crippen LogP contribution in [0.5, 0.6) is 0 Å². The van der Waals surface area contributed by atoms with Gasteiger partial charge >= 0.3 is 0 Å². The Bertz CT molecular complexity index is 785. The molecule has 5 nitrogen and oxygen atoms in total. The van der Waals surface area contributed by atoms with E-state index >= 15 is 0 Å². The quantitative estimate of drug-likeness (QED) is 0.673. The summed E-state index contributed by atoms with van der Waals surface area (Å²) in [5, 5.41) is 7.58. The van der Waals surface area contributed by atoms with E-state index < -0.39 is 0 Å². The van der Waals surface area contributed by atoms with E-state index in [2.05, 4.69) is 15.5 Å². The molecular weight excluding hydrogens is 415 g/mol. The third-order valence-electron chi connectivity index (χ3n) is 7.21. The molecule has 2 saturated carbocycles. The number of nitrogens with one attached hydrogen (secondary N) is 2. The fraction of sp³-hybridized carbons (Fsp3) is 0.650. The van der Waals surface area contributed by atoms with Gasteiger partial charge in [0, 0.05) is 30.6 Å². The molecule has 2 saturated heterocycles. The number of likely N-dealkylation sites (tertiary alicyclic amines) is 1. The van der Waals surface area contributed by atoms with Crippen LogP contribution < -0.4 is 16.4 Å². The van der Waals surface area contributed by atoms with Crippen molar-refractivity contribution in [3.05, 3.63) is 28.2 Å². The number of carbonyl (C=O) groups is 1. The molecular formula is C20H26Cl2N4OS. The molecule has 152 valence electrons. The average Bonchev–Trinajstić information content (AvgIpc) is 3.39. The number of benzene rings is 1. The Morgan fingerprint density at radius 2 is 2.04 bits per heavy atom. The second kappa shape index (κ2) is 7.33. The van der Waals surface area contributed by atoms with Crippen molar-refractivity contribution in [2.45, 2.75) is 48.2 Å². The number of hydrogen-bond acceptors (Lipinski definition) is 5. The zero-order chi connectivity index (χ0) is 19.5. The summed E-state index contributed by atoms with van der Waals surface area (Å²) in [6.07, 6.45) is 4.62. The van der Waals surface area contributed by atoms with Gasteiger partial charge in [-0.05, 0) is 55.1 Å². The minimum Gasteiger partial charge on any atom is -0.340 e. The molecule has 1 aromatic carbocycles. The van der Waals surface area contributed by atoms with Crippen molar-refractivity contribution in [2.24, 2.45) is 23.0 Å². The van der Waals surface area contributed by atoms with Gasteiger partial charge in [0.2, 0.25) is 0 Å². The number of piperazine rings is 1. The Labute approximate surface area is 180 Å². The first-order valence-electron chi connectivity index (χ1n) is 10.1. The predicted molar refractivity (Wildman–Crippen MR) is 113 cm³/mol. The number of piperidine rings is 1. The third kappa shape index (κ3) is 3.36.